The number of nitrogens with zero attached hydrogens (tertiary/aromatic N) is 5. The van der Waals surface area contributed by atoms with Crippen molar-refractivity contribution in [3.8, 4) is 17.4 Å². The van der Waals surface area contributed by atoms with E-state index in [1.165, 1.54) is 23.3 Å². The summed E-state index contributed by atoms with van der Waals surface area (Å²) in [5, 5.41) is 6.29. The molecule has 10 nitrogen and oxygen atoms in total. The van der Waals surface area contributed by atoms with Crippen molar-refractivity contribution >= 4 is 33.6 Å². The quantitative estimate of drug-likeness (QED) is 0.531. The van der Waals surface area contributed by atoms with Crippen LogP contribution >= 0.6 is 11.3 Å². The molecule has 3 aromatic rings. The Morgan fingerprint density at radius 2 is 2.00 bits per heavy atom. The highest BCUT2D eigenvalue weighted by atomic mass is 32.1. The minimum Gasteiger partial charge on any atom is -0.471 e. The van der Waals surface area contributed by atoms with Gasteiger partial charge in [-0.2, -0.15) is 10.1 Å². The van der Waals surface area contributed by atoms with Crippen LogP contribution in [0.25, 0.3) is 21.7 Å². The number of fused-ring (bicyclic) bond motifs is 1. The predicted octanol–water partition coefficient (Wildman–Crippen LogP) is 3.33. The van der Waals surface area contributed by atoms with Gasteiger partial charge in [0.25, 0.3) is 0 Å². The normalized spacial score (nSPS) is 18.5. The summed E-state index contributed by atoms with van der Waals surface area (Å²) in [5.74, 6) is 0.385. The number of methoxy groups -OCH3 is 1. The van der Waals surface area contributed by atoms with Crippen LogP contribution in [-0.4, -0.2) is 68.1 Å². The number of amides is 1. The van der Waals surface area contributed by atoms with E-state index in [9.17, 15) is 9.59 Å². The summed E-state index contributed by atoms with van der Waals surface area (Å²) in [6.07, 6.45) is -0.787. The van der Waals surface area contributed by atoms with E-state index in [1.807, 2.05) is 31.5 Å². The van der Waals surface area contributed by atoms with Gasteiger partial charge in [-0.15, -0.1) is 11.3 Å². The van der Waals surface area contributed by atoms with Gasteiger partial charge in [0.1, 0.15) is 28.1 Å². The van der Waals surface area contributed by atoms with E-state index in [4.69, 9.17) is 14.2 Å². The van der Waals surface area contributed by atoms with Gasteiger partial charge in [-0.05, 0) is 45.2 Å². The van der Waals surface area contributed by atoms with Crippen molar-refractivity contribution in [2.75, 3.05) is 13.7 Å². The number of aromatic nitrogens is 4. The van der Waals surface area contributed by atoms with Gasteiger partial charge in [-0.25, -0.2) is 14.6 Å². The number of esters is 1. The summed E-state index contributed by atoms with van der Waals surface area (Å²) in [7, 11) is 3.13. The number of thiophene rings is 1. The van der Waals surface area contributed by atoms with Crippen molar-refractivity contribution in [2.45, 2.75) is 51.9 Å². The van der Waals surface area contributed by atoms with E-state index in [0.717, 1.165) is 21.6 Å². The van der Waals surface area contributed by atoms with E-state index < -0.39 is 29.8 Å². The van der Waals surface area contributed by atoms with E-state index in [2.05, 4.69) is 15.1 Å². The lowest BCUT2D eigenvalue weighted by molar-refractivity contribution is -0.145. The van der Waals surface area contributed by atoms with Crippen molar-refractivity contribution < 1.29 is 23.8 Å². The lowest BCUT2D eigenvalue weighted by Gasteiger charge is -2.27. The Hall–Kier alpha value is -3.21. The molecule has 0 bridgehead atoms. The van der Waals surface area contributed by atoms with Crippen molar-refractivity contribution in [2.24, 2.45) is 7.05 Å². The minimum absolute atomic E-state index is 0.172. The molecule has 1 aliphatic rings. The number of carbonyl (C=O) groups is 2. The molecule has 1 fully saturated rings. The first-order valence-electron chi connectivity index (χ1n) is 10.6. The molecular weight excluding hydrogens is 446 g/mol. The molecule has 0 saturated carbocycles. The van der Waals surface area contributed by atoms with Crippen LogP contribution in [0.15, 0.2) is 17.5 Å². The highest BCUT2D eigenvalue weighted by Gasteiger charge is 2.43. The average Bonchev–Trinajstić information content (AvgIpc) is 3.44. The highest BCUT2D eigenvalue weighted by molar-refractivity contribution is 7.17. The lowest BCUT2D eigenvalue weighted by atomic mass is 10.2. The fourth-order valence-corrected chi connectivity index (χ4v) is 4.54. The molecule has 33 heavy (non-hydrogen) atoms. The first-order valence-corrected chi connectivity index (χ1v) is 11.4. The zero-order valence-corrected chi connectivity index (χ0v) is 20.3. The Labute approximate surface area is 195 Å². The van der Waals surface area contributed by atoms with Gasteiger partial charge in [0.05, 0.1) is 24.9 Å². The van der Waals surface area contributed by atoms with Crippen LogP contribution in [0, 0.1) is 6.92 Å². The van der Waals surface area contributed by atoms with Crippen LogP contribution < -0.4 is 4.74 Å². The summed E-state index contributed by atoms with van der Waals surface area (Å²) in [6, 6.07) is 3.01. The molecule has 3 aromatic heterocycles. The van der Waals surface area contributed by atoms with Gasteiger partial charge in [0, 0.05) is 13.5 Å². The second kappa shape index (κ2) is 8.62. The zero-order valence-electron chi connectivity index (χ0n) is 19.5. The van der Waals surface area contributed by atoms with Gasteiger partial charge in [0.15, 0.2) is 5.82 Å². The zero-order chi connectivity index (χ0) is 23.9. The Bertz CT molecular complexity index is 1200. The molecule has 176 valence electrons. The second-order valence-electron chi connectivity index (χ2n) is 8.93. The summed E-state index contributed by atoms with van der Waals surface area (Å²) in [4.78, 5) is 35.8. The third-order valence-electron chi connectivity index (χ3n) is 5.15. The Morgan fingerprint density at radius 1 is 1.24 bits per heavy atom. The van der Waals surface area contributed by atoms with Crippen LogP contribution in [0.4, 0.5) is 4.79 Å². The molecule has 11 heteroatoms. The molecule has 0 aliphatic carbocycles. The average molecular weight is 474 g/mol. The number of rotatable bonds is 4. The Balaban J connectivity index is 1.63. The number of aryl methyl sites for hydroxylation is 2. The van der Waals surface area contributed by atoms with Crippen molar-refractivity contribution in [3.05, 3.63) is 23.2 Å². The maximum absolute atomic E-state index is 12.7. The molecule has 1 saturated heterocycles. The van der Waals surface area contributed by atoms with Gasteiger partial charge in [-0.1, -0.05) is 0 Å². The number of carbonyl (C=O) groups excluding carboxylic acids is 2. The SMILES string of the molecule is COC(=O)[C@@H]1CC(Oc2nc(-c3cc(C)nn3C)nc3ccsc23)CN1C(=O)OC(C)(C)C. The molecule has 0 N–H and O–H groups in total. The molecule has 1 amide bonds. The smallest absolute Gasteiger partial charge is 0.411 e. The number of likely N-dealkylation sites (tertiary alicyclic amines) is 1. The molecule has 0 radical (unpaired) electrons. The number of hydrogen-bond acceptors (Lipinski definition) is 9. The van der Waals surface area contributed by atoms with Crippen LogP contribution in [-0.2, 0) is 21.3 Å². The molecule has 2 atom stereocenters. The van der Waals surface area contributed by atoms with Gasteiger partial charge >= 0.3 is 12.1 Å². The first kappa shape index (κ1) is 23.0. The summed E-state index contributed by atoms with van der Waals surface area (Å²) < 4.78 is 19.2. The van der Waals surface area contributed by atoms with E-state index in [0.29, 0.717) is 11.7 Å². The van der Waals surface area contributed by atoms with E-state index in [-0.39, 0.29) is 13.0 Å². The molecule has 1 aliphatic heterocycles. The van der Waals surface area contributed by atoms with Crippen LogP contribution in [0.2, 0.25) is 0 Å². The third-order valence-corrected chi connectivity index (χ3v) is 6.04. The van der Waals surface area contributed by atoms with E-state index >= 15 is 0 Å². The largest absolute Gasteiger partial charge is 0.471 e. The maximum atomic E-state index is 12.7. The fourth-order valence-electron chi connectivity index (χ4n) is 3.77. The number of hydrogen-bond donors (Lipinski definition) is 0. The van der Waals surface area contributed by atoms with Crippen LogP contribution in [0.1, 0.15) is 32.9 Å². The monoisotopic (exact) mass is 473 g/mol. The minimum atomic E-state index is -0.797. The van der Waals surface area contributed by atoms with Gasteiger partial charge in [-0.3, -0.25) is 9.58 Å². The highest BCUT2D eigenvalue weighted by Crippen LogP contribution is 2.33. The fraction of sp³-hybridized carbons (Fsp3) is 0.500. The predicted molar refractivity (Wildman–Crippen MR) is 122 cm³/mol. The lowest BCUT2D eigenvalue weighted by Crippen LogP contribution is -2.44. The summed E-state index contributed by atoms with van der Waals surface area (Å²) in [6.45, 7) is 7.40. The topological polar surface area (TPSA) is 109 Å². The van der Waals surface area contributed by atoms with Gasteiger partial charge in [0.2, 0.25) is 5.88 Å². The molecule has 1 unspecified atom stereocenters. The van der Waals surface area contributed by atoms with Crippen molar-refractivity contribution in [3.63, 3.8) is 0 Å². The van der Waals surface area contributed by atoms with Crippen molar-refractivity contribution in [1.82, 2.24) is 24.6 Å². The molecular formula is C22H27N5O5S. The summed E-state index contributed by atoms with van der Waals surface area (Å²) >= 11 is 1.47. The summed E-state index contributed by atoms with van der Waals surface area (Å²) in [5.41, 5.74) is 1.68. The van der Waals surface area contributed by atoms with Crippen molar-refractivity contribution in [1.29, 1.82) is 0 Å². The van der Waals surface area contributed by atoms with Crippen LogP contribution in [0.5, 0.6) is 5.88 Å². The van der Waals surface area contributed by atoms with E-state index in [1.54, 1.807) is 25.5 Å². The Morgan fingerprint density at radius 3 is 2.64 bits per heavy atom. The molecule has 4 rings (SSSR count). The molecule has 4 heterocycles. The number of ether oxygens (including phenoxy) is 3. The third kappa shape index (κ3) is 4.77. The standard InChI is InChI=1S/C22H27N5O5S/c1-12-9-15(26(5)25-12)18-23-14-7-8-33-17(14)19(24-18)31-13-10-16(20(28)30-6)27(11-13)21(29)32-22(2,3)4/h7-9,13,16H,10-11H2,1-6H3/t13?,16-/m0/s1. The van der Waals surface area contributed by atoms with Crippen LogP contribution in [0.3, 0.4) is 0 Å². The second-order valence-corrected chi connectivity index (χ2v) is 9.85. The maximum Gasteiger partial charge on any atom is 0.411 e. The first-order chi connectivity index (χ1) is 15.6. The molecule has 0 aromatic carbocycles. The Kier molecular flexibility index (Phi) is 6.00. The molecule has 0 spiro atoms. The van der Waals surface area contributed by atoms with Gasteiger partial charge < -0.3 is 14.2 Å².